The van der Waals surface area contributed by atoms with E-state index < -0.39 is 5.97 Å². The predicted molar refractivity (Wildman–Crippen MR) is 80.3 cm³/mol. The average molecular weight is 320 g/mol. The van der Waals surface area contributed by atoms with E-state index in [1.807, 2.05) is 6.92 Å². The van der Waals surface area contributed by atoms with Gasteiger partial charge in [0.2, 0.25) is 0 Å². The summed E-state index contributed by atoms with van der Waals surface area (Å²) in [6.45, 7) is 1.87. The van der Waals surface area contributed by atoms with E-state index in [0.717, 1.165) is 15.4 Å². The molecule has 0 saturated carbocycles. The van der Waals surface area contributed by atoms with Crippen LogP contribution in [0.15, 0.2) is 29.6 Å². The van der Waals surface area contributed by atoms with E-state index >= 15 is 0 Å². The summed E-state index contributed by atoms with van der Waals surface area (Å²) in [4.78, 5) is 20.3. The number of aryl methyl sites for hydroxylation is 1. The highest BCUT2D eigenvalue weighted by Gasteiger charge is 2.18. The molecule has 0 aliphatic rings. The zero-order valence-corrected chi connectivity index (χ0v) is 12.5. The van der Waals surface area contributed by atoms with Crippen molar-refractivity contribution >= 4 is 28.6 Å². The number of halogens is 1. The Hall–Kier alpha value is -2.12. The summed E-state index contributed by atoms with van der Waals surface area (Å²) in [5, 5.41) is 11.9. The van der Waals surface area contributed by atoms with Crippen molar-refractivity contribution in [1.29, 1.82) is 0 Å². The molecule has 0 radical (unpaired) electrons. The van der Waals surface area contributed by atoms with Crippen LogP contribution in [0.1, 0.15) is 15.5 Å². The van der Waals surface area contributed by atoms with Crippen molar-refractivity contribution in [3.05, 3.63) is 46.2 Å². The van der Waals surface area contributed by atoms with Gasteiger partial charge < -0.3 is 5.11 Å². The first kappa shape index (κ1) is 13.8. The number of nitrogens with zero attached hydrogens (tertiary/aromatic N) is 2. The molecule has 3 rings (SSSR count). The quantitative estimate of drug-likeness (QED) is 0.790. The van der Waals surface area contributed by atoms with Gasteiger partial charge in [-0.15, -0.1) is 22.7 Å². The number of carbonyl (C=O) groups is 1. The molecular weight excluding hydrogens is 311 g/mol. The Bertz CT molecular complexity index is 809. The molecule has 4 nitrogen and oxygen atoms in total. The summed E-state index contributed by atoms with van der Waals surface area (Å²) < 4.78 is 13.0. The Balaban J connectivity index is 2.10. The molecule has 21 heavy (non-hydrogen) atoms. The highest BCUT2D eigenvalue weighted by Crippen LogP contribution is 2.38. The summed E-state index contributed by atoms with van der Waals surface area (Å²) in [6, 6.07) is 6.05. The smallest absolute Gasteiger partial charge is 0.355 e. The molecule has 0 bridgehead atoms. The molecule has 1 N–H and O–H groups in total. The van der Waals surface area contributed by atoms with E-state index in [4.69, 9.17) is 5.11 Å². The summed E-state index contributed by atoms with van der Waals surface area (Å²) in [7, 11) is 0. The van der Waals surface area contributed by atoms with E-state index in [1.54, 1.807) is 12.1 Å². The largest absolute Gasteiger partial charge is 0.476 e. The van der Waals surface area contributed by atoms with Gasteiger partial charge >= 0.3 is 5.97 Å². The number of rotatable bonds is 3. The third-order valence-corrected chi connectivity index (χ3v) is 4.74. The topological polar surface area (TPSA) is 63.1 Å². The van der Waals surface area contributed by atoms with Crippen molar-refractivity contribution in [1.82, 2.24) is 9.97 Å². The number of thiazole rings is 2. The lowest BCUT2D eigenvalue weighted by molar-refractivity contribution is 0.0691. The molecule has 0 unspecified atom stereocenters. The van der Waals surface area contributed by atoms with Crippen LogP contribution >= 0.6 is 22.7 Å². The standard InChI is InChI=1S/C14H9FN2O2S2/c1-7-16-11(8-2-4-9(15)5-3-8)12(21-7)13-17-10(6-20-13)14(18)19/h2-6H,1H3,(H,18,19). The molecule has 0 aliphatic heterocycles. The Kier molecular flexibility index (Phi) is 3.52. The number of carboxylic acid groups (broad SMARTS) is 1. The Labute approximate surface area is 127 Å². The Morgan fingerprint density at radius 2 is 1.95 bits per heavy atom. The number of hydrogen-bond acceptors (Lipinski definition) is 5. The van der Waals surface area contributed by atoms with E-state index in [9.17, 15) is 9.18 Å². The van der Waals surface area contributed by atoms with Crippen LogP contribution in [-0.4, -0.2) is 21.0 Å². The van der Waals surface area contributed by atoms with Crippen molar-refractivity contribution in [3.8, 4) is 21.1 Å². The second-order valence-corrected chi connectivity index (χ2v) is 6.32. The average Bonchev–Trinajstić information content (AvgIpc) is 3.06. The van der Waals surface area contributed by atoms with Gasteiger partial charge in [0.05, 0.1) is 15.6 Å². The van der Waals surface area contributed by atoms with Crippen LogP contribution < -0.4 is 0 Å². The van der Waals surface area contributed by atoms with Gasteiger partial charge in [-0.1, -0.05) is 0 Å². The van der Waals surface area contributed by atoms with Gasteiger partial charge in [-0.2, -0.15) is 0 Å². The highest BCUT2D eigenvalue weighted by atomic mass is 32.1. The molecule has 3 aromatic rings. The van der Waals surface area contributed by atoms with E-state index in [2.05, 4.69) is 9.97 Å². The predicted octanol–water partition coefficient (Wildman–Crippen LogP) is 4.08. The van der Waals surface area contributed by atoms with Crippen LogP contribution in [0.3, 0.4) is 0 Å². The van der Waals surface area contributed by atoms with Gasteiger partial charge in [-0.25, -0.2) is 19.2 Å². The van der Waals surface area contributed by atoms with Crippen molar-refractivity contribution in [2.45, 2.75) is 6.92 Å². The molecule has 2 heterocycles. The SMILES string of the molecule is Cc1nc(-c2ccc(F)cc2)c(-c2nc(C(=O)O)cs2)s1. The molecule has 7 heteroatoms. The van der Waals surface area contributed by atoms with E-state index in [1.165, 1.54) is 40.2 Å². The molecule has 0 spiro atoms. The molecule has 0 amide bonds. The summed E-state index contributed by atoms with van der Waals surface area (Å²) in [5.74, 6) is -1.36. The lowest BCUT2D eigenvalue weighted by atomic mass is 10.1. The molecule has 0 fully saturated rings. The minimum absolute atomic E-state index is 0.0195. The van der Waals surface area contributed by atoms with Gasteiger partial charge in [0.15, 0.2) is 5.69 Å². The van der Waals surface area contributed by atoms with Crippen LogP contribution in [0.4, 0.5) is 4.39 Å². The van der Waals surface area contributed by atoms with Crippen LogP contribution in [0.25, 0.3) is 21.1 Å². The zero-order valence-electron chi connectivity index (χ0n) is 10.8. The maximum absolute atomic E-state index is 13.0. The third-order valence-electron chi connectivity index (χ3n) is 2.77. The first-order valence-corrected chi connectivity index (χ1v) is 7.67. The molecule has 0 aliphatic carbocycles. The van der Waals surface area contributed by atoms with Crippen LogP contribution in [0.2, 0.25) is 0 Å². The van der Waals surface area contributed by atoms with Gasteiger partial charge in [0.1, 0.15) is 10.8 Å². The molecule has 0 atom stereocenters. The number of carboxylic acids is 1. The van der Waals surface area contributed by atoms with Gasteiger partial charge in [-0.05, 0) is 31.2 Å². The van der Waals surface area contributed by atoms with Crippen molar-refractivity contribution in [2.75, 3.05) is 0 Å². The third kappa shape index (κ3) is 2.70. The normalized spacial score (nSPS) is 10.8. The van der Waals surface area contributed by atoms with Gasteiger partial charge in [-0.3, -0.25) is 0 Å². The van der Waals surface area contributed by atoms with Gasteiger partial charge in [0.25, 0.3) is 0 Å². The van der Waals surface area contributed by atoms with E-state index in [0.29, 0.717) is 10.7 Å². The maximum atomic E-state index is 13.0. The highest BCUT2D eigenvalue weighted by molar-refractivity contribution is 7.21. The van der Waals surface area contributed by atoms with Gasteiger partial charge in [0, 0.05) is 10.9 Å². The number of aromatic nitrogens is 2. The summed E-state index contributed by atoms with van der Waals surface area (Å²) in [5.41, 5.74) is 1.50. The fourth-order valence-electron chi connectivity index (χ4n) is 1.85. The van der Waals surface area contributed by atoms with Crippen LogP contribution in [0.5, 0.6) is 0 Å². The second-order valence-electron chi connectivity index (χ2n) is 4.26. The number of benzene rings is 1. The van der Waals surface area contributed by atoms with Crippen molar-refractivity contribution < 1.29 is 14.3 Å². The first-order valence-electron chi connectivity index (χ1n) is 5.97. The maximum Gasteiger partial charge on any atom is 0.355 e. The molecule has 106 valence electrons. The molecule has 1 aromatic carbocycles. The zero-order chi connectivity index (χ0) is 15.0. The summed E-state index contributed by atoms with van der Waals surface area (Å²) >= 11 is 2.70. The minimum Gasteiger partial charge on any atom is -0.476 e. The fourth-order valence-corrected chi connectivity index (χ4v) is 3.68. The van der Waals surface area contributed by atoms with E-state index in [-0.39, 0.29) is 11.5 Å². The Morgan fingerprint density at radius 1 is 1.24 bits per heavy atom. The van der Waals surface area contributed by atoms with Crippen molar-refractivity contribution in [3.63, 3.8) is 0 Å². The lowest BCUT2D eigenvalue weighted by Crippen LogP contribution is -1.95. The number of hydrogen-bond donors (Lipinski definition) is 1. The molecular formula is C14H9FN2O2S2. The molecule has 2 aromatic heterocycles. The number of aromatic carboxylic acids is 1. The Morgan fingerprint density at radius 3 is 2.57 bits per heavy atom. The van der Waals surface area contributed by atoms with Crippen LogP contribution in [0, 0.1) is 12.7 Å². The fraction of sp³-hybridized carbons (Fsp3) is 0.0714. The van der Waals surface area contributed by atoms with Crippen LogP contribution in [-0.2, 0) is 0 Å². The first-order chi connectivity index (χ1) is 10.0. The second kappa shape index (κ2) is 5.34. The lowest BCUT2D eigenvalue weighted by Gasteiger charge is -1.99. The van der Waals surface area contributed by atoms with Crippen molar-refractivity contribution in [2.24, 2.45) is 0 Å². The monoisotopic (exact) mass is 320 g/mol. The molecule has 0 saturated heterocycles. The minimum atomic E-state index is -1.05. The summed E-state index contributed by atoms with van der Waals surface area (Å²) in [6.07, 6.45) is 0.